The summed E-state index contributed by atoms with van der Waals surface area (Å²) < 4.78 is 216. The molecule has 1 aromatic heterocycles. The number of rotatable bonds is 23. The van der Waals surface area contributed by atoms with Crippen LogP contribution in [-0.2, 0) is 25.4 Å². The van der Waals surface area contributed by atoms with Crippen LogP contribution in [0.15, 0.2) is 36.7 Å². The standard InChI is InChI=1S/C30H33F15N2O5/c1-3-4-5-6-7-8-9-19-14-46-23(47-15-19)20-10-12-21(13-11-20)50-17-22(48-2)16-49-18-24(31,32)51-29(42,43)30(44,45)52-28(40,41)26(35,36)25(33,34)27(37,38)39/h10-15,22H,3-9,16-18H2,1-2H3/t22-/m1/s1. The third kappa shape index (κ3) is 12.0. The molecule has 0 amide bonds. The molecule has 0 fully saturated rings. The Hall–Kier alpha value is -3.11. The van der Waals surface area contributed by atoms with Crippen molar-refractivity contribution < 1.29 is 89.5 Å². The van der Waals surface area contributed by atoms with E-state index in [4.69, 9.17) is 9.47 Å². The van der Waals surface area contributed by atoms with Crippen molar-refractivity contribution in [2.24, 2.45) is 0 Å². The molecular weight excluding hydrogens is 753 g/mol. The summed E-state index contributed by atoms with van der Waals surface area (Å²) in [7, 11) is 1.02. The lowest BCUT2D eigenvalue weighted by Crippen LogP contribution is -2.64. The van der Waals surface area contributed by atoms with Crippen LogP contribution in [0.25, 0.3) is 11.4 Å². The molecular formula is C30H33F15N2O5. The van der Waals surface area contributed by atoms with Gasteiger partial charge in [0.05, 0.1) is 6.61 Å². The van der Waals surface area contributed by atoms with E-state index >= 15 is 0 Å². The molecule has 0 aliphatic carbocycles. The largest absolute Gasteiger partial charge is 0.491 e. The van der Waals surface area contributed by atoms with Crippen LogP contribution in [0.4, 0.5) is 65.9 Å². The molecule has 0 radical (unpaired) electrons. The molecule has 0 N–H and O–H groups in total. The summed E-state index contributed by atoms with van der Waals surface area (Å²) in [6, 6.07) is 6.14. The smallest absolute Gasteiger partial charge is 0.460 e. The van der Waals surface area contributed by atoms with Crippen molar-refractivity contribution in [1.82, 2.24) is 9.97 Å². The Balaban J connectivity index is 1.90. The highest BCUT2D eigenvalue weighted by atomic mass is 19.4. The molecule has 0 unspecified atom stereocenters. The average molecular weight is 787 g/mol. The molecule has 298 valence electrons. The number of methoxy groups -OCH3 is 1. The number of hydrogen-bond donors (Lipinski definition) is 0. The Kier molecular flexibility index (Phi) is 15.4. The summed E-state index contributed by atoms with van der Waals surface area (Å²) in [5, 5.41) is 0. The molecule has 2 rings (SSSR count). The molecule has 0 saturated carbocycles. The third-order valence-corrected chi connectivity index (χ3v) is 6.97. The van der Waals surface area contributed by atoms with Gasteiger partial charge in [-0.3, -0.25) is 0 Å². The molecule has 0 saturated heterocycles. The summed E-state index contributed by atoms with van der Waals surface area (Å²) in [6.45, 7) is -1.60. The van der Waals surface area contributed by atoms with Crippen molar-refractivity contribution >= 4 is 0 Å². The molecule has 1 atom stereocenters. The van der Waals surface area contributed by atoms with Gasteiger partial charge in [-0.05, 0) is 42.7 Å². The third-order valence-electron chi connectivity index (χ3n) is 6.97. The molecule has 22 heteroatoms. The van der Waals surface area contributed by atoms with Crippen molar-refractivity contribution in [2.45, 2.75) is 100 Å². The molecule has 0 aliphatic rings. The van der Waals surface area contributed by atoms with Gasteiger partial charge in [0.15, 0.2) is 5.82 Å². The summed E-state index contributed by atoms with van der Waals surface area (Å²) in [5.41, 5.74) is 1.58. The maximum atomic E-state index is 13.9. The molecule has 1 aromatic carbocycles. The van der Waals surface area contributed by atoms with Crippen LogP contribution in [0, 0.1) is 0 Å². The van der Waals surface area contributed by atoms with Crippen LogP contribution in [0.2, 0.25) is 0 Å². The zero-order valence-corrected chi connectivity index (χ0v) is 27.2. The van der Waals surface area contributed by atoms with Crippen molar-refractivity contribution in [3.8, 4) is 17.1 Å². The number of halogens is 15. The second kappa shape index (κ2) is 17.8. The van der Waals surface area contributed by atoms with E-state index in [1.54, 1.807) is 29.3 Å². The summed E-state index contributed by atoms with van der Waals surface area (Å²) in [5.74, 6) is -15.1. The summed E-state index contributed by atoms with van der Waals surface area (Å²) in [6.07, 6.45) is -25.3. The van der Waals surface area contributed by atoms with Gasteiger partial charge in [0.2, 0.25) is 0 Å². The van der Waals surface area contributed by atoms with E-state index in [9.17, 15) is 65.9 Å². The fourth-order valence-corrected chi connectivity index (χ4v) is 4.05. The van der Waals surface area contributed by atoms with Crippen LogP contribution in [0.5, 0.6) is 5.75 Å². The van der Waals surface area contributed by atoms with Crippen molar-refractivity contribution in [1.29, 1.82) is 0 Å². The highest BCUT2D eigenvalue weighted by Gasteiger charge is 2.85. The minimum absolute atomic E-state index is 0.205. The topological polar surface area (TPSA) is 71.9 Å². The minimum Gasteiger partial charge on any atom is -0.491 e. The molecule has 2 aromatic rings. The summed E-state index contributed by atoms with van der Waals surface area (Å²) >= 11 is 0. The highest BCUT2D eigenvalue weighted by molar-refractivity contribution is 5.55. The van der Waals surface area contributed by atoms with Gasteiger partial charge in [-0.2, -0.15) is 65.9 Å². The Morgan fingerprint density at radius 1 is 0.635 bits per heavy atom. The fourth-order valence-electron chi connectivity index (χ4n) is 4.05. The lowest BCUT2D eigenvalue weighted by molar-refractivity contribution is -0.543. The predicted molar refractivity (Wildman–Crippen MR) is 150 cm³/mol. The van der Waals surface area contributed by atoms with E-state index < -0.39 is 68.4 Å². The van der Waals surface area contributed by atoms with E-state index in [-0.39, 0.29) is 5.75 Å². The number of hydrogen-bond acceptors (Lipinski definition) is 7. The number of aromatic nitrogens is 2. The zero-order chi connectivity index (χ0) is 39.7. The Morgan fingerprint density at radius 3 is 1.71 bits per heavy atom. The second-order valence-electron chi connectivity index (χ2n) is 11.2. The van der Waals surface area contributed by atoms with Crippen LogP contribution in [-0.4, -0.2) is 85.5 Å². The summed E-state index contributed by atoms with van der Waals surface area (Å²) in [4.78, 5) is 8.68. The number of aryl methyl sites for hydroxylation is 1. The van der Waals surface area contributed by atoms with Gasteiger partial charge in [0, 0.05) is 25.1 Å². The molecule has 0 spiro atoms. The Labute approximate surface area is 286 Å². The number of unbranched alkanes of at least 4 members (excludes halogenated alkanes) is 5. The Morgan fingerprint density at radius 2 is 1.17 bits per heavy atom. The first-order chi connectivity index (χ1) is 23.8. The highest BCUT2D eigenvalue weighted by Crippen LogP contribution is 2.56. The SMILES string of the molecule is CCCCCCCCc1cnc(-c2ccc(OC[C@@H](COCC(F)(F)OC(F)(F)C(F)(F)OC(F)(F)C(F)(F)C(F)(F)C(F)(F)F)OC)cc2)nc1. The van der Waals surface area contributed by atoms with Crippen molar-refractivity contribution in [3.05, 3.63) is 42.2 Å². The monoisotopic (exact) mass is 786 g/mol. The van der Waals surface area contributed by atoms with Gasteiger partial charge in [0.25, 0.3) is 0 Å². The zero-order valence-electron chi connectivity index (χ0n) is 27.2. The molecule has 0 bridgehead atoms. The molecule has 1 heterocycles. The van der Waals surface area contributed by atoms with E-state index in [2.05, 4.69) is 26.4 Å². The van der Waals surface area contributed by atoms with Gasteiger partial charge >= 0.3 is 42.5 Å². The van der Waals surface area contributed by atoms with Gasteiger partial charge < -0.3 is 14.2 Å². The van der Waals surface area contributed by atoms with Crippen LogP contribution < -0.4 is 4.74 Å². The lowest BCUT2D eigenvalue weighted by Gasteiger charge is -2.36. The molecule has 7 nitrogen and oxygen atoms in total. The second-order valence-corrected chi connectivity index (χ2v) is 11.2. The molecule has 52 heavy (non-hydrogen) atoms. The number of benzene rings is 1. The first-order valence-electron chi connectivity index (χ1n) is 15.2. The van der Waals surface area contributed by atoms with Crippen LogP contribution in [0.3, 0.4) is 0 Å². The van der Waals surface area contributed by atoms with Gasteiger partial charge in [-0.1, -0.05) is 39.0 Å². The van der Waals surface area contributed by atoms with Gasteiger partial charge in [0.1, 0.15) is 25.1 Å². The lowest BCUT2D eigenvalue weighted by atomic mass is 10.1. The quantitative estimate of drug-likeness (QED) is 0.0821. The van der Waals surface area contributed by atoms with E-state index in [1.165, 1.54) is 25.0 Å². The first-order valence-corrected chi connectivity index (χ1v) is 15.2. The van der Waals surface area contributed by atoms with Crippen molar-refractivity contribution in [2.75, 3.05) is 26.9 Å². The molecule has 0 aliphatic heterocycles. The Bertz CT molecular complexity index is 1360. The van der Waals surface area contributed by atoms with Crippen molar-refractivity contribution in [3.63, 3.8) is 0 Å². The minimum atomic E-state index is -7.93. The average Bonchev–Trinajstić information content (AvgIpc) is 3.03. The number of alkyl halides is 15. The maximum Gasteiger partial charge on any atom is 0.460 e. The fraction of sp³-hybridized carbons (Fsp3) is 0.667. The first kappa shape index (κ1) is 45.0. The van der Waals surface area contributed by atoms with E-state index in [0.29, 0.717) is 11.4 Å². The van der Waals surface area contributed by atoms with E-state index in [0.717, 1.165) is 44.8 Å². The predicted octanol–water partition coefficient (Wildman–Crippen LogP) is 9.69. The van der Waals surface area contributed by atoms with Crippen LogP contribution in [0.1, 0.15) is 51.0 Å². The normalized spacial score (nSPS) is 14.5. The number of ether oxygens (including phenoxy) is 5. The maximum absolute atomic E-state index is 13.9. The van der Waals surface area contributed by atoms with Gasteiger partial charge in [-0.15, -0.1) is 0 Å². The number of nitrogens with zero attached hydrogens (tertiary/aromatic N) is 2. The van der Waals surface area contributed by atoms with Gasteiger partial charge in [-0.25, -0.2) is 19.4 Å². The van der Waals surface area contributed by atoms with E-state index in [1.807, 2.05) is 0 Å². The van der Waals surface area contributed by atoms with Crippen LogP contribution >= 0.6 is 0 Å².